The molecule has 4 nitrogen and oxygen atoms in total. The van der Waals surface area contributed by atoms with Crippen LogP contribution in [0.2, 0.25) is 0 Å². The molecule has 0 spiro atoms. The number of hydroxylamine groups is 1. The molecule has 1 fully saturated rings. The van der Waals surface area contributed by atoms with Gasteiger partial charge < -0.3 is 5.01 Å². The van der Waals surface area contributed by atoms with Crippen molar-refractivity contribution >= 4 is 0 Å². The minimum Gasteiger partial charge on any atom is -0.300 e. The van der Waals surface area contributed by atoms with E-state index in [0.29, 0.717) is 6.54 Å². The summed E-state index contributed by atoms with van der Waals surface area (Å²) in [5.41, 5.74) is 3.69. The van der Waals surface area contributed by atoms with Gasteiger partial charge in [-0.05, 0) is 6.42 Å². The van der Waals surface area contributed by atoms with Gasteiger partial charge in [-0.25, -0.2) is 0 Å². The Balaban J connectivity index is 2.61. The minimum atomic E-state index is 0.191. The van der Waals surface area contributed by atoms with Crippen LogP contribution in [-0.2, 0) is 0 Å². The summed E-state index contributed by atoms with van der Waals surface area (Å²) >= 11 is 0. The van der Waals surface area contributed by atoms with E-state index in [-0.39, 0.29) is 5.92 Å². The van der Waals surface area contributed by atoms with Crippen molar-refractivity contribution in [1.29, 1.82) is 0 Å². The van der Waals surface area contributed by atoms with Crippen molar-refractivity contribution in [3.05, 3.63) is 24.4 Å². The first-order chi connectivity index (χ1) is 6.15. The number of hydrogen-bond donors (Lipinski definition) is 2. The third-order valence-corrected chi connectivity index (χ3v) is 2.10. The molecule has 1 unspecified atom stereocenters. The Kier molecular flexibility index (Phi) is 3.48. The molecule has 0 aliphatic carbocycles. The monoisotopic (exact) mass is 183 g/mol. The maximum Gasteiger partial charge on any atom is 0.0535 e. The molecule has 0 saturated carbocycles. The minimum absolute atomic E-state index is 0.191. The molecular formula is C9H17N3O. The normalized spacial score (nSPS) is 25.9. The zero-order chi connectivity index (χ0) is 9.84. The first-order valence-corrected chi connectivity index (χ1v) is 4.47. The van der Waals surface area contributed by atoms with Gasteiger partial charge in [0.15, 0.2) is 0 Å². The van der Waals surface area contributed by atoms with Gasteiger partial charge >= 0.3 is 0 Å². The van der Waals surface area contributed by atoms with Gasteiger partial charge in [0.25, 0.3) is 0 Å². The molecule has 1 heterocycles. The molecule has 1 atom stereocenters. The van der Waals surface area contributed by atoms with Gasteiger partial charge in [0.2, 0.25) is 0 Å². The summed E-state index contributed by atoms with van der Waals surface area (Å²) in [6, 6.07) is 0. The number of hydrazine groups is 2. The van der Waals surface area contributed by atoms with Gasteiger partial charge in [0, 0.05) is 18.7 Å². The third kappa shape index (κ3) is 2.55. The highest BCUT2D eigenvalue weighted by Crippen LogP contribution is 2.17. The zero-order valence-electron chi connectivity index (χ0n) is 8.20. The molecule has 4 heteroatoms. The van der Waals surface area contributed by atoms with Crippen LogP contribution in [0.4, 0.5) is 0 Å². The van der Waals surface area contributed by atoms with Crippen LogP contribution in [0, 0.1) is 5.92 Å². The van der Waals surface area contributed by atoms with Crippen molar-refractivity contribution in [3.63, 3.8) is 0 Å². The average Bonchev–Trinajstić information content (AvgIpc) is 2.09. The molecule has 1 saturated heterocycles. The van der Waals surface area contributed by atoms with Crippen molar-refractivity contribution < 1.29 is 5.21 Å². The quantitative estimate of drug-likeness (QED) is 0.630. The second-order valence-corrected chi connectivity index (χ2v) is 3.18. The topological polar surface area (TPSA) is 38.7 Å². The summed E-state index contributed by atoms with van der Waals surface area (Å²) in [5, 5.41) is 12.1. The van der Waals surface area contributed by atoms with Gasteiger partial charge in [-0.3, -0.25) is 5.21 Å². The number of hydrogen-bond acceptors (Lipinski definition) is 4. The van der Waals surface area contributed by atoms with E-state index >= 15 is 0 Å². The molecule has 0 bridgehead atoms. The molecule has 1 aliphatic rings. The van der Waals surface area contributed by atoms with Crippen molar-refractivity contribution in [2.75, 3.05) is 13.6 Å². The van der Waals surface area contributed by atoms with Gasteiger partial charge in [0.1, 0.15) is 0 Å². The molecule has 2 N–H and O–H groups in total. The third-order valence-electron chi connectivity index (χ3n) is 2.10. The Hall–Kier alpha value is -0.840. The fourth-order valence-electron chi connectivity index (χ4n) is 1.29. The van der Waals surface area contributed by atoms with Crippen LogP contribution in [0.25, 0.3) is 0 Å². The fraction of sp³-hybridized carbons (Fsp3) is 0.556. The van der Waals surface area contributed by atoms with Crippen LogP contribution >= 0.6 is 0 Å². The summed E-state index contributed by atoms with van der Waals surface area (Å²) in [5.74, 6) is 0.191. The molecule has 0 aromatic rings. The lowest BCUT2D eigenvalue weighted by Crippen LogP contribution is -2.53. The standard InChI is InChI=1S/C9H17N3O/c1-4-5-6-9-7-12(13)10-11(3)8(9)2/h5-6,9-10,13H,2,4,7H2,1,3H3/b6-5+. The highest BCUT2D eigenvalue weighted by molar-refractivity contribution is 5.09. The smallest absolute Gasteiger partial charge is 0.0535 e. The molecule has 0 aromatic heterocycles. The SMILES string of the molecule is C=C1C(/C=C/CC)CN(O)NN1C. The Bertz CT molecular complexity index is 215. The molecule has 0 radical (unpaired) electrons. The van der Waals surface area contributed by atoms with Crippen molar-refractivity contribution in [3.8, 4) is 0 Å². The zero-order valence-corrected chi connectivity index (χ0v) is 8.20. The summed E-state index contributed by atoms with van der Waals surface area (Å²) in [7, 11) is 1.83. The summed E-state index contributed by atoms with van der Waals surface area (Å²) in [6.07, 6.45) is 5.16. The number of nitrogens with zero attached hydrogens (tertiary/aromatic N) is 2. The lowest BCUT2D eigenvalue weighted by atomic mass is 10.0. The van der Waals surface area contributed by atoms with Crippen molar-refractivity contribution in [2.24, 2.45) is 5.92 Å². The van der Waals surface area contributed by atoms with Crippen molar-refractivity contribution in [1.82, 2.24) is 15.7 Å². The van der Waals surface area contributed by atoms with Gasteiger partial charge in [-0.1, -0.05) is 25.7 Å². The van der Waals surface area contributed by atoms with Crippen LogP contribution in [-0.4, -0.2) is 29.0 Å². The second kappa shape index (κ2) is 4.41. The maximum absolute atomic E-state index is 9.27. The molecule has 13 heavy (non-hydrogen) atoms. The summed E-state index contributed by atoms with van der Waals surface area (Å²) in [4.78, 5) is 0. The fourth-order valence-corrected chi connectivity index (χ4v) is 1.29. The van der Waals surface area contributed by atoms with E-state index in [0.717, 1.165) is 17.3 Å². The van der Waals surface area contributed by atoms with E-state index in [1.54, 1.807) is 5.01 Å². The molecule has 0 aromatic carbocycles. The predicted octanol–water partition coefficient (Wildman–Crippen LogP) is 1.14. The number of nitrogens with one attached hydrogen (secondary N) is 1. The Morgan fingerprint density at radius 2 is 2.46 bits per heavy atom. The highest BCUT2D eigenvalue weighted by Gasteiger charge is 2.22. The molecular weight excluding hydrogens is 166 g/mol. The Morgan fingerprint density at radius 1 is 1.77 bits per heavy atom. The van der Waals surface area contributed by atoms with E-state index in [1.807, 2.05) is 7.05 Å². The largest absolute Gasteiger partial charge is 0.300 e. The molecule has 74 valence electrons. The van der Waals surface area contributed by atoms with Crippen LogP contribution in [0.3, 0.4) is 0 Å². The van der Waals surface area contributed by atoms with Crippen LogP contribution in [0.15, 0.2) is 24.4 Å². The van der Waals surface area contributed by atoms with Crippen molar-refractivity contribution in [2.45, 2.75) is 13.3 Å². The Labute approximate surface area is 79.0 Å². The lowest BCUT2D eigenvalue weighted by molar-refractivity contribution is -0.199. The Morgan fingerprint density at radius 3 is 3.08 bits per heavy atom. The lowest BCUT2D eigenvalue weighted by Gasteiger charge is -2.37. The second-order valence-electron chi connectivity index (χ2n) is 3.18. The van der Waals surface area contributed by atoms with Crippen LogP contribution < -0.4 is 5.53 Å². The molecule has 0 amide bonds. The highest BCUT2D eigenvalue weighted by atomic mass is 16.6. The van der Waals surface area contributed by atoms with Gasteiger partial charge in [-0.15, -0.1) is 10.7 Å². The number of allylic oxidation sites excluding steroid dienone is 1. The van der Waals surface area contributed by atoms with Crippen LogP contribution in [0.1, 0.15) is 13.3 Å². The molecule has 1 rings (SSSR count). The number of rotatable bonds is 2. The van der Waals surface area contributed by atoms with E-state index in [4.69, 9.17) is 0 Å². The van der Waals surface area contributed by atoms with E-state index in [1.165, 1.54) is 0 Å². The summed E-state index contributed by atoms with van der Waals surface area (Å²) < 4.78 is 0. The first kappa shape index (κ1) is 10.2. The van der Waals surface area contributed by atoms with E-state index < -0.39 is 0 Å². The van der Waals surface area contributed by atoms with Crippen LogP contribution in [0.5, 0.6) is 0 Å². The predicted molar refractivity (Wildman–Crippen MR) is 51.5 cm³/mol. The molecule has 1 aliphatic heterocycles. The summed E-state index contributed by atoms with van der Waals surface area (Å²) in [6.45, 7) is 6.56. The first-order valence-electron chi connectivity index (χ1n) is 4.47. The van der Waals surface area contributed by atoms with E-state index in [9.17, 15) is 5.21 Å². The van der Waals surface area contributed by atoms with Gasteiger partial charge in [-0.2, -0.15) is 0 Å². The van der Waals surface area contributed by atoms with E-state index in [2.05, 4.69) is 31.2 Å². The maximum atomic E-state index is 9.27. The average molecular weight is 183 g/mol. The van der Waals surface area contributed by atoms with Gasteiger partial charge in [0.05, 0.1) is 6.54 Å².